The van der Waals surface area contributed by atoms with E-state index < -0.39 is 17.9 Å². The average molecular weight is 435 g/mol. The van der Waals surface area contributed by atoms with Crippen LogP contribution in [0.4, 0.5) is 13.2 Å². The molecule has 3 aromatic rings. The van der Waals surface area contributed by atoms with Crippen molar-refractivity contribution in [3.05, 3.63) is 53.8 Å². The zero-order valence-electron chi connectivity index (χ0n) is 16.2. The average Bonchev–Trinajstić information content (AvgIpc) is 3.46. The number of alkyl halides is 3. The first-order valence-corrected chi connectivity index (χ1v) is 10.5. The van der Waals surface area contributed by atoms with Crippen LogP contribution in [0, 0.1) is 0 Å². The van der Waals surface area contributed by atoms with Crippen molar-refractivity contribution in [2.75, 3.05) is 13.1 Å². The lowest BCUT2D eigenvalue weighted by atomic mass is 9.96. The van der Waals surface area contributed by atoms with Crippen molar-refractivity contribution in [3.8, 4) is 10.6 Å². The quantitative estimate of drug-likeness (QED) is 0.610. The summed E-state index contributed by atoms with van der Waals surface area (Å²) in [6, 6.07) is 4.06. The molecule has 1 fully saturated rings. The van der Waals surface area contributed by atoms with E-state index >= 15 is 0 Å². The van der Waals surface area contributed by atoms with E-state index in [1.54, 1.807) is 52.6 Å². The van der Waals surface area contributed by atoms with Crippen LogP contribution in [0.3, 0.4) is 0 Å². The van der Waals surface area contributed by atoms with Crippen molar-refractivity contribution in [1.82, 2.24) is 24.4 Å². The zero-order chi connectivity index (χ0) is 21.3. The van der Waals surface area contributed by atoms with Gasteiger partial charge in [-0.2, -0.15) is 13.2 Å². The summed E-state index contributed by atoms with van der Waals surface area (Å²) in [5.74, 6) is -0.303. The highest BCUT2D eigenvalue weighted by Crippen LogP contribution is 2.34. The molecule has 158 valence electrons. The number of carbonyl (C=O) groups excluding carboxylic acids is 1. The van der Waals surface area contributed by atoms with Gasteiger partial charge in [0.1, 0.15) is 17.6 Å². The molecule has 1 saturated heterocycles. The van der Waals surface area contributed by atoms with Crippen molar-refractivity contribution in [1.29, 1.82) is 0 Å². The lowest BCUT2D eigenvalue weighted by molar-refractivity contribution is -0.141. The van der Waals surface area contributed by atoms with Crippen LogP contribution in [0.2, 0.25) is 0 Å². The van der Waals surface area contributed by atoms with Gasteiger partial charge < -0.3 is 9.47 Å². The van der Waals surface area contributed by atoms with E-state index in [0.29, 0.717) is 30.8 Å². The standard InChI is InChI=1S/C20H20F3N5OS/c1-13(28-8-6-24-12-28)19(29)27-7-2-4-14(11-27)18-25-15(16-5-3-9-30-16)10-17(26-18)20(21,22)23/h3,5-6,8-10,12-14H,2,4,7,11H2,1H3. The second-order valence-electron chi connectivity index (χ2n) is 7.28. The van der Waals surface area contributed by atoms with Gasteiger partial charge in [0.25, 0.3) is 0 Å². The van der Waals surface area contributed by atoms with Crippen molar-refractivity contribution in [2.45, 2.75) is 37.9 Å². The van der Waals surface area contributed by atoms with Crippen LogP contribution in [0.25, 0.3) is 10.6 Å². The van der Waals surface area contributed by atoms with Crippen LogP contribution < -0.4 is 0 Å². The summed E-state index contributed by atoms with van der Waals surface area (Å²) >= 11 is 1.33. The minimum Gasteiger partial charge on any atom is -0.340 e. The molecule has 0 radical (unpaired) electrons. The monoisotopic (exact) mass is 435 g/mol. The number of piperidine rings is 1. The third-order valence-corrected chi connectivity index (χ3v) is 6.13. The second-order valence-corrected chi connectivity index (χ2v) is 8.23. The van der Waals surface area contributed by atoms with Gasteiger partial charge in [0, 0.05) is 31.4 Å². The lowest BCUT2D eigenvalue weighted by Crippen LogP contribution is -2.42. The molecule has 0 bridgehead atoms. The third-order valence-electron chi connectivity index (χ3n) is 5.24. The fraction of sp³-hybridized carbons (Fsp3) is 0.400. The molecule has 0 aromatic carbocycles. The number of thiophene rings is 1. The molecule has 0 aliphatic carbocycles. The summed E-state index contributed by atoms with van der Waals surface area (Å²) in [6.45, 7) is 2.64. The fourth-order valence-electron chi connectivity index (χ4n) is 3.62. The minimum atomic E-state index is -4.57. The molecule has 0 saturated carbocycles. The Labute approximate surface area is 175 Å². The zero-order valence-corrected chi connectivity index (χ0v) is 17.0. The number of hydrogen-bond donors (Lipinski definition) is 0. The van der Waals surface area contributed by atoms with Gasteiger partial charge in [-0.3, -0.25) is 4.79 Å². The van der Waals surface area contributed by atoms with Gasteiger partial charge in [-0.25, -0.2) is 15.0 Å². The van der Waals surface area contributed by atoms with E-state index in [-0.39, 0.29) is 23.3 Å². The Kier molecular flexibility index (Phi) is 5.59. The van der Waals surface area contributed by atoms with Crippen LogP contribution in [0.1, 0.15) is 43.2 Å². The molecular weight excluding hydrogens is 415 g/mol. The summed E-state index contributed by atoms with van der Waals surface area (Å²) < 4.78 is 42.1. The molecule has 6 nitrogen and oxygen atoms in total. The highest BCUT2D eigenvalue weighted by Gasteiger charge is 2.36. The van der Waals surface area contributed by atoms with E-state index in [1.165, 1.54) is 11.3 Å². The molecule has 30 heavy (non-hydrogen) atoms. The van der Waals surface area contributed by atoms with E-state index in [9.17, 15) is 18.0 Å². The Balaban J connectivity index is 1.61. The number of nitrogens with zero attached hydrogens (tertiary/aromatic N) is 5. The maximum Gasteiger partial charge on any atom is 0.433 e. The smallest absolute Gasteiger partial charge is 0.340 e. The number of likely N-dealkylation sites (tertiary alicyclic amines) is 1. The molecule has 2 unspecified atom stereocenters. The molecule has 10 heteroatoms. The van der Waals surface area contributed by atoms with Crippen molar-refractivity contribution >= 4 is 17.2 Å². The second kappa shape index (κ2) is 8.17. The van der Waals surface area contributed by atoms with Gasteiger partial charge in [0.2, 0.25) is 5.91 Å². The topological polar surface area (TPSA) is 63.9 Å². The molecule has 1 aliphatic rings. The number of rotatable bonds is 4. The summed E-state index contributed by atoms with van der Waals surface area (Å²) in [4.78, 5) is 27.5. The van der Waals surface area contributed by atoms with Crippen LogP contribution in [-0.2, 0) is 11.0 Å². The van der Waals surface area contributed by atoms with Gasteiger partial charge in [-0.05, 0) is 37.3 Å². The lowest BCUT2D eigenvalue weighted by Gasteiger charge is -2.34. The van der Waals surface area contributed by atoms with Crippen LogP contribution in [0.5, 0.6) is 0 Å². The Bertz CT molecular complexity index is 1000. The highest BCUT2D eigenvalue weighted by molar-refractivity contribution is 7.13. The molecule has 4 heterocycles. The minimum absolute atomic E-state index is 0.0943. The van der Waals surface area contributed by atoms with Crippen LogP contribution in [-0.4, -0.2) is 43.4 Å². The molecule has 4 rings (SSSR count). The highest BCUT2D eigenvalue weighted by atomic mass is 32.1. The molecule has 3 aromatic heterocycles. The molecular formula is C20H20F3N5OS. The van der Waals surface area contributed by atoms with E-state index in [4.69, 9.17) is 0 Å². The first kappa shape index (κ1) is 20.5. The van der Waals surface area contributed by atoms with Gasteiger partial charge in [-0.1, -0.05) is 6.07 Å². The van der Waals surface area contributed by atoms with Crippen LogP contribution in [0.15, 0.2) is 42.3 Å². The summed E-state index contributed by atoms with van der Waals surface area (Å²) in [5, 5.41) is 1.79. The molecule has 0 spiro atoms. The van der Waals surface area contributed by atoms with Gasteiger partial charge in [-0.15, -0.1) is 11.3 Å². The van der Waals surface area contributed by atoms with E-state index in [2.05, 4.69) is 15.0 Å². The molecule has 1 aliphatic heterocycles. The summed E-state index contributed by atoms with van der Waals surface area (Å²) in [7, 11) is 0. The summed E-state index contributed by atoms with van der Waals surface area (Å²) in [6.07, 6.45) is 1.64. The van der Waals surface area contributed by atoms with Gasteiger partial charge in [0.15, 0.2) is 0 Å². The largest absolute Gasteiger partial charge is 0.433 e. The normalized spacial score (nSPS) is 18.4. The SMILES string of the molecule is CC(C(=O)N1CCCC(c2nc(-c3cccs3)cc(C(F)(F)F)n2)C1)n1ccnc1. The maximum absolute atomic E-state index is 13.5. The fourth-order valence-corrected chi connectivity index (χ4v) is 4.31. The predicted molar refractivity (Wildman–Crippen MR) is 106 cm³/mol. The predicted octanol–water partition coefficient (Wildman–Crippen LogP) is 4.39. The molecule has 2 atom stereocenters. The Hall–Kier alpha value is -2.75. The number of carbonyl (C=O) groups is 1. The van der Waals surface area contributed by atoms with Gasteiger partial charge in [0.05, 0.1) is 16.9 Å². The van der Waals surface area contributed by atoms with Crippen molar-refractivity contribution in [3.63, 3.8) is 0 Å². The van der Waals surface area contributed by atoms with E-state index in [1.807, 2.05) is 0 Å². The summed E-state index contributed by atoms with van der Waals surface area (Å²) in [5.41, 5.74) is -0.691. The molecule has 0 N–H and O–H groups in total. The van der Waals surface area contributed by atoms with E-state index in [0.717, 1.165) is 6.07 Å². The molecule has 1 amide bonds. The Morgan fingerprint density at radius 3 is 2.83 bits per heavy atom. The maximum atomic E-state index is 13.5. The number of aromatic nitrogens is 4. The first-order valence-electron chi connectivity index (χ1n) is 9.59. The Morgan fingerprint density at radius 2 is 2.17 bits per heavy atom. The number of hydrogen-bond acceptors (Lipinski definition) is 5. The van der Waals surface area contributed by atoms with Gasteiger partial charge >= 0.3 is 6.18 Å². The first-order chi connectivity index (χ1) is 14.3. The third kappa shape index (κ3) is 4.23. The van der Waals surface area contributed by atoms with Crippen molar-refractivity contribution < 1.29 is 18.0 Å². The number of imidazole rings is 1. The number of amides is 1. The number of halogens is 3. The Morgan fingerprint density at radius 1 is 1.33 bits per heavy atom. The van der Waals surface area contributed by atoms with Crippen molar-refractivity contribution in [2.24, 2.45) is 0 Å². The van der Waals surface area contributed by atoms with Crippen LogP contribution >= 0.6 is 11.3 Å².